The van der Waals surface area contributed by atoms with Gasteiger partial charge in [0.1, 0.15) is 0 Å². The van der Waals surface area contributed by atoms with E-state index in [1.807, 2.05) is 16.8 Å². The van der Waals surface area contributed by atoms with Gasteiger partial charge in [0.25, 0.3) is 0 Å². The maximum absolute atomic E-state index is 5.55. The van der Waals surface area contributed by atoms with E-state index in [-0.39, 0.29) is 0 Å². The number of halogens is 1. The van der Waals surface area contributed by atoms with Crippen molar-refractivity contribution in [2.75, 3.05) is 5.88 Å². The van der Waals surface area contributed by atoms with E-state index in [4.69, 9.17) is 11.6 Å². The molecule has 0 saturated heterocycles. The minimum atomic E-state index is 0.525. The minimum absolute atomic E-state index is 0.525. The number of alkyl halides is 1. The number of thiophene rings is 1. The molecule has 1 aromatic rings. The summed E-state index contributed by atoms with van der Waals surface area (Å²) in [7, 11) is 0. The lowest BCUT2D eigenvalue weighted by atomic mass is 10.2. The van der Waals surface area contributed by atoms with Crippen LogP contribution >= 0.6 is 22.9 Å². The SMILES string of the molecule is C=C(CCl)c1ccsc1. The molecule has 2 heteroatoms. The Kier molecular flexibility index (Phi) is 2.31. The first-order valence-electron chi connectivity index (χ1n) is 2.61. The van der Waals surface area contributed by atoms with Crippen LogP contribution in [0.3, 0.4) is 0 Å². The first kappa shape index (κ1) is 6.84. The van der Waals surface area contributed by atoms with Crippen molar-refractivity contribution in [3.05, 3.63) is 29.0 Å². The van der Waals surface area contributed by atoms with Crippen LogP contribution in [0, 0.1) is 0 Å². The van der Waals surface area contributed by atoms with Crippen LogP contribution in [0.25, 0.3) is 5.57 Å². The summed E-state index contributed by atoms with van der Waals surface area (Å²) in [4.78, 5) is 0. The van der Waals surface area contributed by atoms with Gasteiger partial charge in [-0.15, -0.1) is 11.6 Å². The maximum atomic E-state index is 5.55. The van der Waals surface area contributed by atoms with E-state index in [0.717, 1.165) is 11.1 Å². The average molecular weight is 159 g/mol. The van der Waals surface area contributed by atoms with Gasteiger partial charge in [-0.1, -0.05) is 6.58 Å². The Hall–Kier alpha value is -0.270. The third-order valence-electron chi connectivity index (χ3n) is 1.09. The zero-order chi connectivity index (χ0) is 6.69. The summed E-state index contributed by atoms with van der Waals surface area (Å²) in [6, 6.07) is 2.02. The Bertz CT molecular complexity index is 189. The number of rotatable bonds is 2. The highest BCUT2D eigenvalue weighted by atomic mass is 35.5. The molecule has 0 aliphatic carbocycles. The molecule has 9 heavy (non-hydrogen) atoms. The highest BCUT2D eigenvalue weighted by Crippen LogP contribution is 2.16. The molecule has 0 fully saturated rings. The fourth-order valence-corrected chi connectivity index (χ4v) is 1.39. The monoisotopic (exact) mass is 158 g/mol. The van der Waals surface area contributed by atoms with Crippen molar-refractivity contribution >= 4 is 28.5 Å². The van der Waals surface area contributed by atoms with E-state index in [2.05, 4.69) is 6.58 Å². The first-order valence-corrected chi connectivity index (χ1v) is 4.08. The molecule has 1 heterocycles. The van der Waals surface area contributed by atoms with Crippen LogP contribution < -0.4 is 0 Å². The molecule has 0 N–H and O–H groups in total. The summed E-state index contributed by atoms with van der Waals surface area (Å²) < 4.78 is 0. The van der Waals surface area contributed by atoms with Gasteiger partial charge in [-0.2, -0.15) is 11.3 Å². The summed E-state index contributed by atoms with van der Waals surface area (Å²) in [6.07, 6.45) is 0. The molecule has 0 amide bonds. The summed E-state index contributed by atoms with van der Waals surface area (Å²) in [5.41, 5.74) is 2.16. The van der Waals surface area contributed by atoms with Crippen molar-refractivity contribution in [2.24, 2.45) is 0 Å². The number of hydrogen-bond acceptors (Lipinski definition) is 1. The number of allylic oxidation sites excluding steroid dienone is 1. The van der Waals surface area contributed by atoms with E-state index >= 15 is 0 Å². The Morgan fingerprint density at radius 1 is 1.78 bits per heavy atom. The first-order chi connectivity index (χ1) is 4.34. The normalized spacial score (nSPS) is 9.44. The van der Waals surface area contributed by atoms with E-state index in [0.29, 0.717) is 5.88 Å². The molecule has 0 unspecified atom stereocenters. The van der Waals surface area contributed by atoms with Gasteiger partial charge in [0.15, 0.2) is 0 Å². The van der Waals surface area contributed by atoms with Gasteiger partial charge in [0, 0.05) is 5.88 Å². The zero-order valence-electron chi connectivity index (χ0n) is 4.93. The molecule has 0 nitrogen and oxygen atoms in total. The molecule has 1 aromatic heterocycles. The molecule has 0 aliphatic heterocycles. The van der Waals surface area contributed by atoms with Crippen molar-refractivity contribution in [3.63, 3.8) is 0 Å². The molecule has 0 bridgehead atoms. The van der Waals surface area contributed by atoms with Crippen molar-refractivity contribution in [1.82, 2.24) is 0 Å². The van der Waals surface area contributed by atoms with Gasteiger partial charge < -0.3 is 0 Å². The smallest absolute Gasteiger partial charge is 0.0474 e. The Morgan fingerprint density at radius 2 is 2.56 bits per heavy atom. The molecule has 0 aliphatic rings. The van der Waals surface area contributed by atoms with Crippen molar-refractivity contribution in [3.8, 4) is 0 Å². The third kappa shape index (κ3) is 1.57. The third-order valence-corrected chi connectivity index (χ3v) is 2.10. The molecule has 0 spiro atoms. The standard InChI is InChI=1S/C7H7ClS/c1-6(4-8)7-2-3-9-5-7/h2-3,5H,1,4H2. The topological polar surface area (TPSA) is 0 Å². The van der Waals surface area contributed by atoms with Crippen LogP contribution in [0.4, 0.5) is 0 Å². The molecule has 0 radical (unpaired) electrons. The van der Waals surface area contributed by atoms with Crippen molar-refractivity contribution in [2.45, 2.75) is 0 Å². The zero-order valence-corrected chi connectivity index (χ0v) is 6.50. The van der Waals surface area contributed by atoms with Crippen molar-refractivity contribution in [1.29, 1.82) is 0 Å². The van der Waals surface area contributed by atoms with E-state index < -0.39 is 0 Å². The van der Waals surface area contributed by atoms with Gasteiger partial charge >= 0.3 is 0 Å². The lowest BCUT2D eigenvalue weighted by Crippen LogP contribution is -1.76. The highest BCUT2D eigenvalue weighted by molar-refractivity contribution is 7.08. The van der Waals surface area contributed by atoms with Gasteiger partial charge in [0.2, 0.25) is 0 Å². The van der Waals surface area contributed by atoms with Crippen LogP contribution in [0.15, 0.2) is 23.4 Å². The second-order valence-corrected chi connectivity index (χ2v) is 2.80. The lowest BCUT2D eigenvalue weighted by Gasteiger charge is -1.92. The van der Waals surface area contributed by atoms with Crippen LogP contribution in [0.5, 0.6) is 0 Å². The summed E-state index contributed by atoms with van der Waals surface area (Å²) in [6.45, 7) is 3.79. The average Bonchev–Trinajstić information content (AvgIpc) is 2.37. The fraction of sp³-hybridized carbons (Fsp3) is 0.143. The summed E-state index contributed by atoms with van der Waals surface area (Å²) in [5, 5.41) is 4.07. The van der Waals surface area contributed by atoms with Gasteiger partial charge in [-0.05, 0) is 28.0 Å². The van der Waals surface area contributed by atoms with E-state index in [9.17, 15) is 0 Å². The van der Waals surface area contributed by atoms with Crippen LogP contribution in [0.2, 0.25) is 0 Å². The molecule has 0 atom stereocenters. The molecule has 0 aromatic carbocycles. The predicted octanol–water partition coefficient (Wildman–Crippen LogP) is 3.00. The predicted molar refractivity (Wildman–Crippen MR) is 44.1 cm³/mol. The Balaban J connectivity index is 2.77. The number of hydrogen-bond donors (Lipinski definition) is 0. The summed E-state index contributed by atoms with van der Waals surface area (Å²) in [5.74, 6) is 0.525. The van der Waals surface area contributed by atoms with Crippen LogP contribution in [-0.2, 0) is 0 Å². The highest BCUT2D eigenvalue weighted by Gasteiger charge is 1.94. The van der Waals surface area contributed by atoms with Crippen molar-refractivity contribution < 1.29 is 0 Å². The van der Waals surface area contributed by atoms with Crippen LogP contribution in [-0.4, -0.2) is 5.88 Å². The van der Waals surface area contributed by atoms with E-state index in [1.54, 1.807) is 11.3 Å². The second kappa shape index (κ2) is 3.04. The Labute approximate surface area is 63.8 Å². The molecule has 1 rings (SSSR count). The molecule has 48 valence electrons. The minimum Gasteiger partial charge on any atom is -0.152 e. The fourth-order valence-electron chi connectivity index (χ4n) is 0.543. The molecular weight excluding hydrogens is 152 g/mol. The van der Waals surface area contributed by atoms with Gasteiger partial charge in [-0.3, -0.25) is 0 Å². The molecular formula is C7H7ClS. The Morgan fingerprint density at radius 3 is 3.00 bits per heavy atom. The summed E-state index contributed by atoms with van der Waals surface area (Å²) >= 11 is 7.21. The quantitative estimate of drug-likeness (QED) is 0.581. The molecule has 0 saturated carbocycles. The van der Waals surface area contributed by atoms with Crippen LogP contribution in [0.1, 0.15) is 5.56 Å². The van der Waals surface area contributed by atoms with Gasteiger partial charge in [-0.25, -0.2) is 0 Å². The lowest BCUT2D eigenvalue weighted by molar-refractivity contribution is 1.69. The largest absolute Gasteiger partial charge is 0.152 e. The van der Waals surface area contributed by atoms with E-state index in [1.165, 1.54) is 0 Å². The second-order valence-electron chi connectivity index (χ2n) is 1.75. The van der Waals surface area contributed by atoms with Gasteiger partial charge in [0.05, 0.1) is 0 Å². The maximum Gasteiger partial charge on any atom is 0.0474 e.